The standard InChI is InChI=1S/C45H49ClN8O5/c1-29-26-45(28-53(29)35-7-4-31(27-47)38(46)25-35)14-18-50(19-15-45)32-5-2-30(3-6-32)42(57)52-22-20-51(21-23-52)33-12-16-49(17-13-33)34-8-9-36-37(24-34)44(59)54(43(36)58)39-10-11-40(55)48-41(39)56/h2-9,24-25,29,33,39H,10-23,26,28H2,1H3,(H,48,55,56)/t29-,39?/m1/s1. The number of carbonyl (C=O) groups excluding carboxylic acids is 5. The molecule has 0 saturated carbocycles. The molecule has 0 bridgehead atoms. The predicted octanol–water partition coefficient (Wildman–Crippen LogP) is 4.93. The van der Waals surface area contributed by atoms with Crippen LogP contribution in [0.3, 0.4) is 0 Å². The van der Waals surface area contributed by atoms with Gasteiger partial charge in [0.15, 0.2) is 0 Å². The van der Waals surface area contributed by atoms with E-state index in [1.165, 1.54) is 0 Å². The van der Waals surface area contributed by atoms with Crippen molar-refractivity contribution in [1.29, 1.82) is 5.26 Å². The summed E-state index contributed by atoms with van der Waals surface area (Å²) in [7, 11) is 0. The van der Waals surface area contributed by atoms with E-state index in [0.29, 0.717) is 41.3 Å². The lowest BCUT2D eigenvalue weighted by atomic mass is 9.76. The molecule has 306 valence electrons. The zero-order valence-corrected chi connectivity index (χ0v) is 34.1. The Hall–Kier alpha value is -5.45. The zero-order valence-electron chi connectivity index (χ0n) is 33.4. The van der Waals surface area contributed by atoms with Crippen LogP contribution in [-0.4, -0.2) is 121 Å². The van der Waals surface area contributed by atoms with Crippen LogP contribution in [0.4, 0.5) is 17.1 Å². The van der Waals surface area contributed by atoms with Crippen molar-refractivity contribution >= 4 is 58.2 Å². The Balaban J connectivity index is 0.736. The summed E-state index contributed by atoms with van der Waals surface area (Å²) in [5, 5.41) is 12.0. The number of piperidine rings is 3. The maximum absolute atomic E-state index is 13.6. The summed E-state index contributed by atoms with van der Waals surface area (Å²) in [5.74, 6) is -1.91. The Kier molecular flexibility index (Phi) is 10.3. The lowest BCUT2D eigenvalue weighted by Crippen LogP contribution is -2.54. The fraction of sp³-hybridized carbons (Fsp3) is 0.467. The number of halogens is 1. The quantitative estimate of drug-likeness (QED) is 0.341. The molecule has 1 unspecified atom stereocenters. The van der Waals surface area contributed by atoms with Gasteiger partial charge >= 0.3 is 0 Å². The summed E-state index contributed by atoms with van der Waals surface area (Å²) in [6, 6.07) is 21.2. The molecule has 2 atom stereocenters. The van der Waals surface area contributed by atoms with Crippen molar-refractivity contribution in [1.82, 2.24) is 20.0 Å². The van der Waals surface area contributed by atoms with E-state index in [2.05, 4.69) is 50.0 Å². The van der Waals surface area contributed by atoms with Crippen molar-refractivity contribution < 1.29 is 24.0 Å². The molecular weight excluding hydrogens is 768 g/mol. The van der Waals surface area contributed by atoms with E-state index in [9.17, 15) is 29.2 Å². The number of rotatable bonds is 6. The third-order valence-corrected chi connectivity index (χ3v) is 14.2. The highest BCUT2D eigenvalue weighted by molar-refractivity contribution is 6.32. The van der Waals surface area contributed by atoms with Crippen molar-refractivity contribution in [2.75, 3.05) is 73.6 Å². The van der Waals surface area contributed by atoms with Gasteiger partial charge in [-0.05, 0) is 112 Å². The molecule has 1 spiro atoms. The molecule has 1 N–H and O–H groups in total. The average Bonchev–Trinajstić information content (AvgIpc) is 3.71. The molecule has 9 rings (SSSR count). The minimum absolute atomic E-state index is 0.0763. The van der Waals surface area contributed by atoms with Gasteiger partial charge in [-0.15, -0.1) is 0 Å². The maximum Gasteiger partial charge on any atom is 0.262 e. The number of benzene rings is 3. The van der Waals surface area contributed by atoms with Gasteiger partial charge in [-0.25, -0.2) is 0 Å². The second-order valence-electron chi connectivity index (χ2n) is 17.2. The number of anilines is 3. The van der Waals surface area contributed by atoms with Gasteiger partial charge in [0.25, 0.3) is 17.7 Å². The van der Waals surface area contributed by atoms with E-state index in [0.717, 1.165) is 105 Å². The second kappa shape index (κ2) is 15.6. The van der Waals surface area contributed by atoms with Crippen LogP contribution in [-0.2, 0) is 9.59 Å². The van der Waals surface area contributed by atoms with Crippen molar-refractivity contribution in [3.8, 4) is 6.07 Å². The molecule has 5 saturated heterocycles. The lowest BCUT2D eigenvalue weighted by Gasteiger charge is -2.43. The Morgan fingerprint density at radius 1 is 0.780 bits per heavy atom. The first-order chi connectivity index (χ1) is 28.5. The van der Waals surface area contributed by atoms with Gasteiger partial charge in [-0.1, -0.05) is 11.6 Å². The molecule has 6 heterocycles. The zero-order chi connectivity index (χ0) is 41.0. The Morgan fingerprint density at radius 3 is 2.12 bits per heavy atom. The van der Waals surface area contributed by atoms with Gasteiger partial charge < -0.3 is 19.6 Å². The molecule has 0 aromatic heterocycles. The van der Waals surface area contributed by atoms with E-state index in [-0.39, 0.29) is 29.7 Å². The van der Waals surface area contributed by atoms with Crippen LogP contribution in [0, 0.1) is 16.7 Å². The Morgan fingerprint density at radius 2 is 1.44 bits per heavy atom. The highest BCUT2D eigenvalue weighted by atomic mass is 35.5. The molecule has 0 radical (unpaired) electrons. The van der Waals surface area contributed by atoms with Crippen LogP contribution in [0.15, 0.2) is 60.7 Å². The minimum Gasteiger partial charge on any atom is -0.371 e. The van der Waals surface area contributed by atoms with E-state index in [4.69, 9.17) is 11.6 Å². The van der Waals surface area contributed by atoms with Crippen LogP contribution in [0.2, 0.25) is 5.02 Å². The maximum atomic E-state index is 13.6. The van der Waals surface area contributed by atoms with Gasteiger partial charge in [-0.3, -0.25) is 39.1 Å². The van der Waals surface area contributed by atoms with E-state index in [1.54, 1.807) is 12.1 Å². The topological polar surface area (TPSA) is 141 Å². The van der Waals surface area contributed by atoms with Crippen LogP contribution in [0.1, 0.15) is 88.5 Å². The molecule has 3 aromatic rings. The number of nitrogens with one attached hydrogen (secondary N) is 1. The summed E-state index contributed by atoms with van der Waals surface area (Å²) in [5.41, 5.74) is 5.19. The highest BCUT2D eigenvalue weighted by Gasteiger charge is 2.46. The van der Waals surface area contributed by atoms with Crippen LogP contribution in [0.5, 0.6) is 0 Å². The molecular formula is C45H49ClN8O5. The summed E-state index contributed by atoms with van der Waals surface area (Å²) < 4.78 is 0. The number of nitrogens with zero attached hydrogens (tertiary/aromatic N) is 7. The van der Waals surface area contributed by atoms with E-state index < -0.39 is 29.7 Å². The Bertz CT molecular complexity index is 2230. The smallest absolute Gasteiger partial charge is 0.262 e. The first-order valence-electron chi connectivity index (χ1n) is 21.0. The summed E-state index contributed by atoms with van der Waals surface area (Å²) in [6.45, 7) is 9.84. The number of hydrogen-bond acceptors (Lipinski definition) is 10. The van der Waals surface area contributed by atoms with Gasteiger partial charge in [0.2, 0.25) is 11.8 Å². The molecule has 6 aliphatic rings. The second-order valence-corrected chi connectivity index (χ2v) is 17.6. The molecule has 13 nitrogen and oxygen atoms in total. The number of piperazine rings is 1. The van der Waals surface area contributed by atoms with E-state index in [1.807, 2.05) is 41.3 Å². The molecule has 5 amide bonds. The normalized spacial score (nSPS) is 23.8. The lowest BCUT2D eigenvalue weighted by molar-refractivity contribution is -0.136. The molecule has 0 aliphatic carbocycles. The highest BCUT2D eigenvalue weighted by Crippen LogP contribution is 2.46. The number of carbonyl (C=O) groups is 5. The van der Waals surface area contributed by atoms with E-state index >= 15 is 0 Å². The van der Waals surface area contributed by atoms with Crippen LogP contribution >= 0.6 is 11.6 Å². The third-order valence-electron chi connectivity index (χ3n) is 13.8. The van der Waals surface area contributed by atoms with Crippen molar-refractivity contribution in [3.63, 3.8) is 0 Å². The molecule has 59 heavy (non-hydrogen) atoms. The number of fused-ring (bicyclic) bond motifs is 1. The van der Waals surface area contributed by atoms with Gasteiger partial charge in [0.1, 0.15) is 12.1 Å². The predicted molar refractivity (Wildman–Crippen MR) is 224 cm³/mol. The molecule has 3 aromatic carbocycles. The van der Waals surface area contributed by atoms with Gasteiger partial charge in [0, 0.05) is 100 Å². The summed E-state index contributed by atoms with van der Waals surface area (Å²) >= 11 is 6.38. The number of amides is 5. The van der Waals surface area contributed by atoms with Crippen molar-refractivity contribution in [2.24, 2.45) is 5.41 Å². The number of imide groups is 2. The van der Waals surface area contributed by atoms with Crippen molar-refractivity contribution in [3.05, 3.63) is 87.9 Å². The van der Waals surface area contributed by atoms with Crippen molar-refractivity contribution in [2.45, 2.75) is 70.0 Å². The summed E-state index contributed by atoms with van der Waals surface area (Å²) in [4.78, 5) is 76.8. The monoisotopic (exact) mass is 816 g/mol. The minimum atomic E-state index is -0.979. The van der Waals surface area contributed by atoms with Gasteiger partial charge in [0.05, 0.1) is 21.7 Å². The number of nitriles is 1. The average molecular weight is 817 g/mol. The first-order valence-corrected chi connectivity index (χ1v) is 21.3. The third kappa shape index (κ3) is 7.31. The summed E-state index contributed by atoms with van der Waals surface area (Å²) in [6.07, 6.45) is 5.46. The van der Waals surface area contributed by atoms with Gasteiger partial charge in [-0.2, -0.15) is 5.26 Å². The van der Waals surface area contributed by atoms with Crippen LogP contribution in [0.25, 0.3) is 0 Å². The SMILES string of the molecule is C[C@@H]1CC2(CCN(c3ccc(C(=O)N4CCN(C5CCN(c6ccc7c(c6)C(=O)N(C6CCC(=O)NC6=O)C7=O)CC5)CC4)cc3)CC2)CN1c1ccc(C#N)c(Cl)c1. The molecule has 5 fully saturated rings. The van der Waals surface area contributed by atoms with Crippen LogP contribution < -0.4 is 20.0 Å². The fourth-order valence-electron chi connectivity index (χ4n) is 10.5. The first kappa shape index (κ1) is 39.0. The fourth-order valence-corrected chi connectivity index (χ4v) is 10.7. The number of hydrogen-bond donors (Lipinski definition) is 1. The molecule has 14 heteroatoms. The Labute approximate surface area is 349 Å². The largest absolute Gasteiger partial charge is 0.371 e. The molecule has 6 aliphatic heterocycles.